The van der Waals surface area contributed by atoms with Crippen molar-refractivity contribution in [2.45, 2.75) is 6.92 Å². The lowest BCUT2D eigenvalue weighted by molar-refractivity contribution is -0.132. The summed E-state index contributed by atoms with van der Waals surface area (Å²) < 4.78 is 0. The van der Waals surface area contributed by atoms with Crippen LogP contribution in [-0.2, 0) is 9.59 Å². The molecule has 0 radical (unpaired) electrons. The topological polar surface area (TPSA) is 77.8 Å². The average molecular weight is 213 g/mol. The summed E-state index contributed by atoms with van der Waals surface area (Å²) in [5.41, 5.74) is 0. The summed E-state index contributed by atoms with van der Waals surface area (Å²) in [5, 5.41) is 17.4. The highest BCUT2D eigenvalue weighted by atomic mass is 16.4. The van der Waals surface area contributed by atoms with E-state index in [1.807, 2.05) is 6.92 Å². The molecular weight excluding hydrogens is 198 g/mol. The van der Waals surface area contributed by atoms with Crippen LogP contribution in [0.25, 0.3) is 0 Å². The highest BCUT2D eigenvalue weighted by Gasteiger charge is 2.30. The van der Waals surface area contributed by atoms with E-state index in [0.717, 1.165) is 12.2 Å². The van der Waals surface area contributed by atoms with Crippen molar-refractivity contribution in [3.63, 3.8) is 0 Å². The Kier molecular flexibility index (Phi) is 3.85. The maximum absolute atomic E-state index is 11.5. The zero-order valence-corrected chi connectivity index (χ0v) is 8.59. The van der Waals surface area contributed by atoms with Gasteiger partial charge in [0.15, 0.2) is 0 Å². The van der Waals surface area contributed by atoms with E-state index in [1.54, 1.807) is 4.90 Å². The Labute approximate surface area is 88.0 Å². The molecule has 2 N–H and O–H groups in total. The van der Waals surface area contributed by atoms with Crippen molar-refractivity contribution in [3.8, 4) is 0 Å². The van der Waals surface area contributed by atoms with Gasteiger partial charge >= 0.3 is 5.97 Å². The van der Waals surface area contributed by atoms with Gasteiger partial charge < -0.3 is 15.1 Å². The smallest absolute Gasteiger partial charge is 0.328 e. The molecule has 1 aliphatic heterocycles. The zero-order chi connectivity index (χ0) is 11.4. The molecule has 0 aromatic rings. The van der Waals surface area contributed by atoms with E-state index in [0.29, 0.717) is 13.1 Å². The first kappa shape index (κ1) is 11.7. The molecule has 0 spiro atoms. The number of carbonyl (C=O) groups is 2. The number of hydrogen-bond donors (Lipinski definition) is 2. The van der Waals surface area contributed by atoms with E-state index in [1.165, 1.54) is 0 Å². The number of amides is 1. The molecule has 0 aromatic carbocycles. The number of carbonyl (C=O) groups excluding carboxylic acids is 1. The molecule has 0 aliphatic carbocycles. The Bertz CT molecular complexity index is 287. The summed E-state index contributed by atoms with van der Waals surface area (Å²) in [6, 6.07) is 0. The first-order chi connectivity index (χ1) is 7.04. The minimum Gasteiger partial charge on any atom is -0.478 e. The minimum atomic E-state index is -1.13. The first-order valence-electron chi connectivity index (χ1n) is 4.85. The Morgan fingerprint density at radius 1 is 1.40 bits per heavy atom. The van der Waals surface area contributed by atoms with Gasteiger partial charge in [0, 0.05) is 37.8 Å². The molecule has 1 heterocycles. The Hall–Kier alpha value is -1.36. The summed E-state index contributed by atoms with van der Waals surface area (Å²) in [6.07, 6.45) is 1.88. The van der Waals surface area contributed by atoms with Gasteiger partial charge in [-0.2, -0.15) is 0 Å². The van der Waals surface area contributed by atoms with Crippen LogP contribution in [0.5, 0.6) is 0 Å². The van der Waals surface area contributed by atoms with Crippen molar-refractivity contribution >= 4 is 11.9 Å². The van der Waals surface area contributed by atoms with E-state index in [4.69, 9.17) is 10.2 Å². The number of carboxylic acid groups (broad SMARTS) is 1. The SMILES string of the molecule is CC1CN(C(=O)/C=C/C(=O)O)CC1CO. The van der Waals surface area contributed by atoms with Crippen molar-refractivity contribution < 1.29 is 19.8 Å². The predicted molar refractivity (Wildman–Crippen MR) is 53.1 cm³/mol. The minimum absolute atomic E-state index is 0.0631. The fourth-order valence-electron chi connectivity index (χ4n) is 1.70. The molecule has 15 heavy (non-hydrogen) atoms. The Morgan fingerprint density at radius 2 is 2.07 bits per heavy atom. The van der Waals surface area contributed by atoms with Gasteiger partial charge in [0.2, 0.25) is 5.91 Å². The number of aliphatic hydroxyl groups is 1. The van der Waals surface area contributed by atoms with E-state index in [2.05, 4.69) is 0 Å². The molecule has 2 unspecified atom stereocenters. The van der Waals surface area contributed by atoms with Gasteiger partial charge in [-0.1, -0.05) is 6.92 Å². The lowest BCUT2D eigenvalue weighted by atomic mass is 10.00. The molecule has 5 nitrogen and oxygen atoms in total. The Balaban J connectivity index is 2.53. The van der Waals surface area contributed by atoms with Crippen molar-refractivity contribution in [1.29, 1.82) is 0 Å². The second-order valence-electron chi connectivity index (χ2n) is 3.83. The van der Waals surface area contributed by atoms with Crippen molar-refractivity contribution in [1.82, 2.24) is 4.90 Å². The van der Waals surface area contributed by atoms with Crippen LogP contribution in [0.1, 0.15) is 6.92 Å². The second kappa shape index (κ2) is 4.93. The van der Waals surface area contributed by atoms with Gasteiger partial charge in [0.1, 0.15) is 0 Å². The molecule has 84 valence electrons. The largest absolute Gasteiger partial charge is 0.478 e. The maximum atomic E-state index is 11.5. The van der Waals surface area contributed by atoms with E-state index in [-0.39, 0.29) is 24.3 Å². The lowest BCUT2D eigenvalue weighted by Crippen LogP contribution is -2.27. The number of aliphatic hydroxyl groups excluding tert-OH is 1. The fraction of sp³-hybridized carbons (Fsp3) is 0.600. The summed E-state index contributed by atoms with van der Waals surface area (Å²) in [4.78, 5) is 23.2. The standard InChI is InChI=1S/C10H15NO4/c1-7-4-11(5-8(7)6-12)9(13)2-3-10(14)15/h2-3,7-8,12H,4-6H2,1H3,(H,14,15)/b3-2+. The molecule has 1 saturated heterocycles. The van der Waals surface area contributed by atoms with Gasteiger partial charge in [-0.05, 0) is 5.92 Å². The van der Waals surface area contributed by atoms with E-state index >= 15 is 0 Å². The number of carboxylic acids is 1. The molecule has 5 heteroatoms. The molecular formula is C10H15NO4. The average Bonchev–Trinajstić information content (AvgIpc) is 2.56. The predicted octanol–water partition coefficient (Wildman–Crippen LogP) is -0.286. The van der Waals surface area contributed by atoms with Gasteiger partial charge in [-0.25, -0.2) is 4.79 Å². The monoisotopic (exact) mass is 213 g/mol. The number of hydrogen-bond acceptors (Lipinski definition) is 3. The molecule has 0 aromatic heterocycles. The van der Waals surface area contributed by atoms with Gasteiger partial charge in [-0.3, -0.25) is 4.79 Å². The van der Waals surface area contributed by atoms with Gasteiger partial charge in [0.05, 0.1) is 0 Å². The van der Waals surface area contributed by atoms with Crippen molar-refractivity contribution in [2.24, 2.45) is 11.8 Å². The normalized spacial score (nSPS) is 26.1. The molecule has 0 saturated carbocycles. The number of likely N-dealkylation sites (tertiary alicyclic amines) is 1. The summed E-state index contributed by atoms with van der Waals surface area (Å²) in [5.74, 6) is -1.07. The molecule has 1 aliphatic rings. The van der Waals surface area contributed by atoms with Crippen molar-refractivity contribution in [3.05, 3.63) is 12.2 Å². The first-order valence-corrected chi connectivity index (χ1v) is 4.85. The molecule has 2 atom stereocenters. The van der Waals surface area contributed by atoms with Crippen LogP contribution in [0.2, 0.25) is 0 Å². The maximum Gasteiger partial charge on any atom is 0.328 e. The third-order valence-corrected chi connectivity index (χ3v) is 2.68. The molecule has 1 amide bonds. The van der Waals surface area contributed by atoms with Crippen LogP contribution in [0.3, 0.4) is 0 Å². The molecule has 1 rings (SSSR count). The van der Waals surface area contributed by atoms with Crippen LogP contribution in [-0.4, -0.2) is 46.7 Å². The van der Waals surface area contributed by atoms with Gasteiger partial charge in [0.25, 0.3) is 0 Å². The third kappa shape index (κ3) is 3.06. The third-order valence-electron chi connectivity index (χ3n) is 2.68. The Morgan fingerprint density at radius 3 is 2.53 bits per heavy atom. The summed E-state index contributed by atoms with van der Waals surface area (Å²) in [7, 11) is 0. The number of rotatable bonds is 3. The van der Waals surface area contributed by atoms with Crippen LogP contribution < -0.4 is 0 Å². The van der Waals surface area contributed by atoms with Crippen LogP contribution in [0.4, 0.5) is 0 Å². The fourth-order valence-corrected chi connectivity index (χ4v) is 1.70. The lowest BCUT2D eigenvalue weighted by Gasteiger charge is -2.12. The van der Waals surface area contributed by atoms with Crippen molar-refractivity contribution in [2.75, 3.05) is 19.7 Å². The van der Waals surface area contributed by atoms with Crippen LogP contribution in [0, 0.1) is 11.8 Å². The summed E-state index contributed by atoms with van der Waals surface area (Å²) in [6.45, 7) is 3.11. The second-order valence-corrected chi connectivity index (χ2v) is 3.83. The molecule has 1 fully saturated rings. The number of nitrogens with zero attached hydrogens (tertiary/aromatic N) is 1. The van der Waals surface area contributed by atoms with Gasteiger partial charge in [-0.15, -0.1) is 0 Å². The summed E-state index contributed by atoms with van der Waals surface area (Å²) >= 11 is 0. The zero-order valence-electron chi connectivity index (χ0n) is 8.59. The van der Waals surface area contributed by atoms with Crippen LogP contribution >= 0.6 is 0 Å². The molecule has 0 bridgehead atoms. The quantitative estimate of drug-likeness (QED) is 0.632. The highest BCUT2D eigenvalue weighted by Crippen LogP contribution is 2.22. The highest BCUT2D eigenvalue weighted by molar-refractivity contribution is 5.94. The van der Waals surface area contributed by atoms with E-state index in [9.17, 15) is 9.59 Å². The van der Waals surface area contributed by atoms with Crippen LogP contribution in [0.15, 0.2) is 12.2 Å². The number of aliphatic carboxylic acids is 1. The van der Waals surface area contributed by atoms with E-state index < -0.39 is 5.97 Å².